The summed E-state index contributed by atoms with van der Waals surface area (Å²) in [5, 5.41) is 5.75. The van der Waals surface area contributed by atoms with E-state index < -0.39 is 18.4 Å². The van der Waals surface area contributed by atoms with E-state index in [0.29, 0.717) is 6.54 Å². The second-order valence-electron chi connectivity index (χ2n) is 6.32. The van der Waals surface area contributed by atoms with Gasteiger partial charge in [-0.1, -0.05) is 23.7 Å². The summed E-state index contributed by atoms with van der Waals surface area (Å²) in [7, 11) is 0. The maximum atomic E-state index is 12.6. The highest BCUT2D eigenvalue weighted by molar-refractivity contribution is 6.30. The number of carbonyl (C=O) groups excluding carboxylic acids is 1. The van der Waals surface area contributed by atoms with E-state index in [9.17, 15) is 9.18 Å². The third-order valence-electron chi connectivity index (χ3n) is 3.00. The minimum atomic E-state index is -0.710. The van der Waals surface area contributed by atoms with Crippen LogP contribution in [-0.4, -0.2) is 21.7 Å². The number of carbonyl (C=O) groups is 1. The van der Waals surface area contributed by atoms with E-state index in [1.165, 1.54) is 6.20 Å². The third-order valence-corrected chi connectivity index (χ3v) is 3.33. The molecule has 1 heterocycles. The molecule has 1 aromatic carbocycles. The Morgan fingerprint density at radius 1 is 1.28 bits per heavy atom. The van der Waals surface area contributed by atoms with Crippen molar-refractivity contribution in [2.75, 3.05) is 5.32 Å². The molecule has 6 nitrogen and oxygen atoms in total. The van der Waals surface area contributed by atoms with Gasteiger partial charge in [-0.3, -0.25) is 0 Å². The van der Waals surface area contributed by atoms with E-state index >= 15 is 0 Å². The van der Waals surface area contributed by atoms with Crippen LogP contribution >= 0.6 is 11.6 Å². The first-order valence-corrected chi connectivity index (χ1v) is 8.05. The SMILES string of the molecule is CC(C)(C)OC(=O)NCc1ccc(Nc2ncc(CF)c(Cl)n2)cc1. The molecule has 134 valence electrons. The van der Waals surface area contributed by atoms with Crippen molar-refractivity contribution in [2.24, 2.45) is 0 Å². The molecule has 0 aliphatic rings. The van der Waals surface area contributed by atoms with Gasteiger partial charge in [0.1, 0.15) is 17.4 Å². The van der Waals surface area contributed by atoms with Crippen molar-refractivity contribution >= 4 is 29.3 Å². The fraction of sp³-hybridized carbons (Fsp3) is 0.353. The van der Waals surface area contributed by atoms with Crippen LogP contribution in [0.5, 0.6) is 0 Å². The molecule has 1 aromatic heterocycles. The molecule has 2 aromatic rings. The predicted octanol–water partition coefficient (Wildman–Crippen LogP) is 4.37. The first-order valence-electron chi connectivity index (χ1n) is 7.67. The quantitative estimate of drug-likeness (QED) is 0.768. The highest BCUT2D eigenvalue weighted by Gasteiger charge is 2.15. The summed E-state index contributed by atoms with van der Waals surface area (Å²) in [6.07, 6.45) is 0.877. The minimum Gasteiger partial charge on any atom is -0.444 e. The summed E-state index contributed by atoms with van der Waals surface area (Å²) in [4.78, 5) is 19.6. The van der Waals surface area contributed by atoms with Gasteiger partial charge in [-0.05, 0) is 38.5 Å². The molecule has 1 amide bonds. The molecule has 0 radical (unpaired) electrons. The van der Waals surface area contributed by atoms with Crippen LogP contribution in [0.15, 0.2) is 30.5 Å². The third kappa shape index (κ3) is 6.19. The Hall–Kier alpha value is -2.41. The number of alkyl carbamates (subject to hydrolysis) is 1. The van der Waals surface area contributed by atoms with Crippen LogP contribution in [0, 0.1) is 0 Å². The van der Waals surface area contributed by atoms with Gasteiger partial charge in [0.15, 0.2) is 0 Å². The lowest BCUT2D eigenvalue weighted by Gasteiger charge is -2.19. The number of benzene rings is 1. The maximum absolute atomic E-state index is 12.6. The molecule has 0 saturated carbocycles. The van der Waals surface area contributed by atoms with E-state index in [2.05, 4.69) is 20.6 Å². The summed E-state index contributed by atoms with van der Waals surface area (Å²) < 4.78 is 17.8. The van der Waals surface area contributed by atoms with Gasteiger partial charge in [0.2, 0.25) is 5.95 Å². The van der Waals surface area contributed by atoms with Crippen molar-refractivity contribution in [3.8, 4) is 0 Å². The van der Waals surface area contributed by atoms with Crippen molar-refractivity contribution in [2.45, 2.75) is 39.6 Å². The standard InChI is InChI=1S/C17H20ClFN4O2/c1-17(2,3)25-16(24)21-9-11-4-6-13(7-5-11)22-15-20-10-12(8-19)14(18)23-15/h4-7,10H,8-9H2,1-3H3,(H,21,24)(H,20,22,23). The number of anilines is 2. The molecular formula is C17H20ClFN4O2. The van der Waals surface area contributed by atoms with Crippen LogP contribution in [0.25, 0.3) is 0 Å². The first kappa shape index (κ1) is 18.9. The van der Waals surface area contributed by atoms with Gasteiger partial charge in [-0.2, -0.15) is 0 Å². The summed E-state index contributed by atoms with van der Waals surface area (Å²) in [6, 6.07) is 7.31. The Morgan fingerprint density at radius 3 is 2.52 bits per heavy atom. The topological polar surface area (TPSA) is 76.1 Å². The van der Waals surface area contributed by atoms with Gasteiger partial charge >= 0.3 is 6.09 Å². The van der Waals surface area contributed by atoms with Gasteiger partial charge in [-0.25, -0.2) is 19.2 Å². The van der Waals surface area contributed by atoms with Crippen molar-refractivity contribution in [3.05, 3.63) is 46.7 Å². The lowest BCUT2D eigenvalue weighted by atomic mass is 10.2. The van der Waals surface area contributed by atoms with Crippen molar-refractivity contribution in [3.63, 3.8) is 0 Å². The Morgan fingerprint density at radius 2 is 1.96 bits per heavy atom. The second-order valence-corrected chi connectivity index (χ2v) is 6.68. The fourth-order valence-corrected chi connectivity index (χ4v) is 2.04. The number of nitrogens with one attached hydrogen (secondary N) is 2. The average molecular weight is 367 g/mol. The molecule has 0 atom stereocenters. The minimum absolute atomic E-state index is 0.0816. The van der Waals surface area contributed by atoms with Crippen LogP contribution in [-0.2, 0) is 18.0 Å². The van der Waals surface area contributed by atoms with Crippen molar-refractivity contribution in [1.82, 2.24) is 15.3 Å². The zero-order chi connectivity index (χ0) is 18.4. The van der Waals surface area contributed by atoms with E-state index in [4.69, 9.17) is 16.3 Å². The monoisotopic (exact) mass is 366 g/mol. The maximum Gasteiger partial charge on any atom is 0.407 e. The number of amides is 1. The lowest BCUT2D eigenvalue weighted by Crippen LogP contribution is -2.32. The highest BCUT2D eigenvalue weighted by Crippen LogP contribution is 2.18. The van der Waals surface area contributed by atoms with Crippen LogP contribution in [0.3, 0.4) is 0 Å². The number of hydrogen-bond acceptors (Lipinski definition) is 5. The van der Waals surface area contributed by atoms with E-state index in [1.807, 2.05) is 45.0 Å². The van der Waals surface area contributed by atoms with Crippen molar-refractivity contribution in [1.29, 1.82) is 0 Å². The number of alkyl halides is 1. The number of aromatic nitrogens is 2. The predicted molar refractivity (Wildman–Crippen MR) is 94.7 cm³/mol. The molecule has 2 rings (SSSR count). The number of nitrogens with zero attached hydrogens (tertiary/aromatic N) is 2. The molecule has 0 spiro atoms. The molecule has 8 heteroatoms. The first-order chi connectivity index (χ1) is 11.8. The van der Waals surface area contributed by atoms with E-state index in [-0.39, 0.29) is 16.7 Å². The molecular weight excluding hydrogens is 347 g/mol. The van der Waals surface area contributed by atoms with Crippen molar-refractivity contribution < 1.29 is 13.9 Å². The second kappa shape index (κ2) is 8.11. The zero-order valence-electron chi connectivity index (χ0n) is 14.3. The summed E-state index contributed by atoms with van der Waals surface area (Å²) >= 11 is 5.85. The average Bonchev–Trinajstić information content (AvgIpc) is 2.53. The molecule has 2 N–H and O–H groups in total. The molecule has 0 unspecified atom stereocenters. The Bertz CT molecular complexity index is 732. The zero-order valence-corrected chi connectivity index (χ0v) is 15.0. The van der Waals surface area contributed by atoms with Crippen LogP contribution in [0.2, 0.25) is 5.15 Å². The Labute approximate surface area is 150 Å². The van der Waals surface area contributed by atoms with Gasteiger partial charge in [-0.15, -0.1) is 0 Å². The molecule has 0 aliphatic heterocycles. The molecule has 0 saturated heterocycles. The van der Waals surface area contributed by atoms with Gasteiger partial charge in [0.25, 0.3) is 0 Å². The number of rotatable bonds is 5. The summed E-state index contributed by atoms with van der Waals surface area (Å²) in [5.74, 6) is 0.279. The number of hydrogen-bond donors (Lipinski definition) is 2. The molecule has 0 fully saturated rings. The number of halogens is 2. The molecule has 0 aliphatic carbocycles. The van der Waals surface area contributed by atoms with Crippen LogP contribution in [0.1, 0.15) is 31.9 Å². The lowest BCUT2D eigenvalue weighted by molar-refractivity contribution is 0.0523. The largest absolute Gasteiger partial charge is 0.444 e. The Kier molecular flexibility index (Phi) is 6.14. The highest BCUT2D eigenvalue weighted by atomic mass is 35.5. The normalized spacial score (nSPS) is 11.1. The Balaban J connectivity index is 1.91. The molecule has 0 bridgehead atoms. The van der Waals surface area contributed by atoms with Gasteiger partial charge in [0.05, 0.1) is 0 Å². The smallest absolute Gasteiger partial charge is 0.407 e. The van der Waals surface area contributed by atoms with E-state index in [1.54, 1.807) is 0 Å². The van der Waals surface area contributed by atoms with Gasteiger partial charge < -0.3 is 15.4 Å². The number of ether oxygens (including phenoxy) is 1. The van der Waals surface area contributed by atoms with Crippen LogP contribution in [0.4, 0.5) is 20.8 Å². The summed E-state index contributed by atoms with van der Waals surface area (Å²) in [5.41, 5.74) is 1.36. The van der Waals surface area contributed by atoms with Gasteiger partial charge in [0, 0.05) is 24.0 Å². The molecule has 25 heavy (non-hydrogen) atoms. The fourth-order valence-electron chi connectivity index (χ4n) is 1.86. The summed E-state index contributed by atoms with van der Waals surface area (Å²) in [6.45, 7) is 5.06. The van der Waals surface area contributed by atoms with E-state index in [0.717, 1.165) is 11.3 Å². The van der Waals surface area contributed by atoms with Crippen LogP contribution < -0.4 is 10.6 Å².